The lowest BCUT2D eigenvalue weighted by Gasteiger charge is -2.07. The van der Waals surface area contributed by atoms with Crippen LogP contribution in [0.1, 0.15) is 15.9 Å². The molecule has 6 heteroatoms. The Kier molecular flexibility index (Phi) is 6.63. The summed E-state index contributed by atoms with van der Waals surface area (Å²) < 4.78 is 10.0. The summed E-state index contributed by atoms with van der Waals surface area (Å²) in [6, 6.07) is 13.9. The van der Waals surface area contributed by atoms with Crippen LogP contribution in [0.4, 0.5) is 0 Å². The zero-order valence-corrected chi connectivity index (χ0v) is 14.0. The fraction of sp³-hybridized carbons (Fsp3) is 0.222. The Bertz CT molecular complexity index is 683. The fourth-order valence-electron chi connectivity index (χ4n) is 1.99. The lowest BCUT2D eigenvalue weighted by Crippen LogP contribution is -2.30. The van der Waals surface area contributed by atoms with Crippen molar-refractivity contribution in [1.29, 1.82) is 0 Å². The van der Waals surface area contributed by atoms with E-state index in [1.807, 2.05) is 24.3 Å². The summed E-state index contributed by atoms with van der Waals surface area (Å²) in [7, 11) is 1.61. The number of esters is 1. The first-order valence-electron chi connectivity index (χ1n) is 7.41. The molecule has 0 heterocycles. The second-order valence-electron chi connectivity index (χ2n) is 5.03. The number of methoxy groups -OCH3 is 1. The van der Waals surface area contributed by atoms with E-state index in [0.717, 1.165) is 11.3 Å². The molecule has 0 fully saturated rings. The number of benzene rings is 2. The second kappa shape index (κ2) is 8.93. The lowest BCUT2D eigenvalue weighted by molar-refractivity contribution is -0.124. The zero-order chi connectivity index (χ0) is 17.4. The molecule has 2 rings (SSSR count). The predicted octanol–water partition coefficient (Wildman–Crippen LogP) is 2.86. The minimum absolute atomic E-state index is 0.315. The molecule has 1 amide bonds. The minimum atomic E-state index is -0.558. The lowest BCUT2D eigenvalue weighted by atomic mass is 10.1. The minimum Gasteiger partial charge on any atom is -0.497 e. The smallest absolute Gasteiger partial charge is 0.338 e. The first kappa shape index (κ1) is 17.8. The van der Waals surface area contributed by atoms with Crippen LogP contribution in [0, 0.1) is 0 Å². The number of nitrogens with one attached hydrogen (secondary N) is 1. The Morgan fingerprint density at radius 2 is 1.71 bits per heavy atom. The van der Waals surface area contributed by atoms with Crippen LogP contribution in [-0.2, 0) is 16.0 Å². The van der Waals surface area contributed by atoms with Crippen molar-refractivity contribution < 1.29 is 19.1 Å². The van der Waals surface area contributed by atoms with Crippen molar-refractivity contribution in [3.05, 3.63) is 64.7 Å². The van der Waals surface area contributed by atoms with Gasteiger partial charge in [-0.05, 0) is 48.4 Å². The van der Waals surface area contributed by atoms with Crippen molar-refractivity contribution >= 4 is 23.5 Å². The van der Waals surface area contributed by atoms with Gasteiger partial charge in [-0.2, -0.15) is 0 Å². The number of ether oxygens (including phenoxy) is 2. The Labute approximate surface area is 145 Å². The van der Waals surface area contributed by atoms with Crippen LogP contribution in [0.5, 0.6) is 5.75 Å². The van der Waals surface area contributed by atoms with Crippen molar-refractivity contribution in [3.8, 4) is 5.75 Å². The molecule has 0 aliphatic heterocycles. The van der Waals surface area contributed by atoms with Gasteiger partial charge in [0, 0.05) is 11.6 Å². The van der Waals surface area contributed by atoms with E-state index in [-0.39, 0.29) is 12.5 Å². The molecule has 0 unspecified atom stereocenters. The van der Waals surface area contributed by atoms with E-state index in [0.29, 0.717) is 23.6 Å². The summed E-state index contributed by atoms with van der Waals surface area (Å²) in [6.45, 7) is 0.147. The summed E-state index contributed by atoms with van der Waals surface area (Å²) >= 11 is 5.75. The molecule has 0 radical (unpaired) electrons. The fourth-order valence-corrected chi connectivity index (χ4v) is 2.12. The molecule has 2 aromatic carbocycles. The molecular weight excluding hydrogens is 330 g/mol. The molecule has 0 saturated heterocycles. The third-order valence-electron chi connectivity index (χ3n) is 3.31. The highest BCUT2D eigenvalue weighted by molar-refractivity contribution is 6.30. The van der Waals surface area contributed by atoms with Crippen LogP contribution < -0.4 is 10.1 Å². The van der Waals surface area contributed by atoms with E-state index >= 15 is 0 Å². The summed E-state index contributed by atoms with van der Waals surface area (Å²) in [5.74, 6) is -0.111. The van der Waals surface area contributed by atoms with Gasteiger partial charge in [0.15, 0.2) is 6.61 Å². The van der Waals surface area contributed by atoms with Gasteiger partial charge >= 0.3 is 5.97 Å². The molecule has 0 saturated carbocycles. The number of rotatable bonds is 7. The van der Waals surface area contributed by atoms with Gasteiger partial charge in [0.05, 0.1) is 12.7 Å². The van der Waals surface area contributed by atoms with Crippen LogP contribution in [0.2, 0.25) is 5.02 Å². The molecule has 5 nitrogen and oxygen atoms in total. The normalized spacial score (nSPS) is 10.1. The Hall–Kier alpha value is -2.53. The monoisotopic (exact) mass is 347 g/mol. The molecule has 0 aliphatic rings. The number of amides is 1. The second-order valence-corrected chi connectivity index (χ2v) is 5.47. The first-order valence-corrected chi connectivity index (χ1v) is 7.78. The number of hydrogen-bond donors (Lipinski definition) is 1. The van der Waals surface area contributed by atoms with Crippen molar-refractivity contribution in [2.75, 3.05) is 20.3 Å². The van der Waals surface area contributed by atoms with Gasteiger partial charge in [0.2, 0.25) is 0 Å². The first-order chi connectivity index (χ1) is 11.6. The molecular formula is C18H18ClNO4. The highest BCUT2D eigenvalue weighted by Gasteiger charge is 2.09. The molecule has 0 aliphatic carbocycles. The largest absolute Gasteiger partial charge is 0.497 e. The molecule has 0 spiro atoms. The number of halogens is 1. The van der Waals surface area contributed by atoms with Crippen molar-refractivity contribution in [2.24, 2.45) is 0 Å². The van der Waals surface area contributed by atoms with Gasteiger partial charge in [-0.3, -0.25) is 4.79 Å². The van der Waals surface area contributed by atoms with E-state index in [2.05, 4.69) is 5.32 Å². The van der Waals surface area contributed by atoms with Gasteiger partial charge in [-0.25, -0.2) is 4.79 Å². The quantitative estimate of drug-likeness (QED) is 0.782. The Morgan fingerprint density at radius 3 is 2.33 bits per heavy atom. The van der Waals surface area contributed by atoms with Crippen LogP contribution in [0.15, 0.2) is 48.5 Å². The number of carbonyl (C=O) groups excluding carboxylic acids is 2. The van der Waals surface area contributed by atoms with E-state index in [1.54, 1.807) is 31.4 Å². The highest BCUT2D eigenvalue weighted by atomic mass is 35.5. The average Bonchev–Trinajstić information content (AvgIpc) is 2.61. The van der Waals surface area contributed by atoms with Gasteiger partial charge in [-0.1, -0.05) is 23.7 Å². The highest BCUT2D eigenvalue weighted by Crippen LogP contribution is 2.11. The maximum absolute atomic E-state index is 11.8. The Morgan fingerprint density at radius 1 is 1.04 bits per heavy atom. The summed E-state index contributed by atoms with van der Waals surface area (Å²) in [4.78, 5) is 23.5. The summed E-state index contributed by atoms with van der Waals surface area (Å²) in [6.07, 6.45) is 0.681. The van der Waals surface area contributed by atoms with Crippen LogP contribution in [0.3, 0.4) is 0 Å². The van der Waals surface area contributed by atoms with Gasteiger partial charge in [-0.15, -0.1) is 0 Å². The number of carbonyl (C=O) groups is 2. The molecule has 0 bridgehead atoms. The van der Waals surface area contributed by atoms with Crippen molar-refractivity contribution in [3.63, 3.8) is 0 Å². The van der Waals surface area contributed by atoms with E-state index in [9.17, 15) is 9.59 Å². The zero-order valence-electron chi connectivity index (χ0n) is 13.3. The van der Waals surface area contributed by atoms with E-state index in [1.165, 1.54) is 0 Å². The molecule has 0 atom stereocenters. The predicted molar refractivity (Wildman–Crippen MR) is 91.4 cm³/mol. The van der Waals surface area contributed by atoms with Gasteiger partial charge in [0.1, 0.15) is 5.75 Å². The van der Waals surface area contributed by atoms with E-state index < -0.39 is 5.97 Å². The third-order valence-corrected chi connectivity index (χ3v) is 3.56. The maximum Gasteiger partial charge on any atom is 0.338 e. The number of hydrogen-bond acceptors (Lipinski definition) is 4. The van der Waals surface area contributed by atoms with E-state index in [4.69, 9.17) is 21.1 Å². The SMILES string of the molecule is COc1ccc(CCNC(=O)COC(=O)c2ccc(Cl)cc2)cc1. The van der Waals surface area contributed by atoms with Crippen LogP contribution >= 0.6 is 11.6 Å². The third kappa shape index (κ3) is 5.59. The molecule has 24 heavy (non-hydrogen) atoms. The molecule has 0 aromatic heterocycles. The molecule has 2 aromatic rings. The topological polar surface area (TPSA) is 64.6 Å². The average molecular weight is 348 g/mol. The van der Waals surface area contributed by atoms with Crippen molar-refractivity contribution in [2.45, 2.75) is 6.42 Å². The maximum atomic E-state index is 11.8. The standard InChI is InChI=1S/C18H18ClNO4/c1-23-16-8-2-13(3-9-16)10-11-20-17(21)12-24-18(22)14-4-6-15(19)7-5-14/h2-9H,10-12H2,1H3,(H,20,21). The Balaban J connectivity index is 1.69. The van der Waals surface area contributed by atoms with Crippen molar-refractivity contribution in [1.82, 2.24) is 5.32 Å². The van der Waals surface area contributed by atoms with Crippen LogP contribution in [0.25, 0.3) is 0 Å². The summed E-state index contributed by atoms with van der Waals surface area (Å²) in [5.41, 5.74) is 1.43. The van der Waals surface area contributed by atoms with Gasteiger partial charge < -0.3 is 14.8 Å². The molecule has 126 valence electrons. The van der Waals surface area contributed by atoms with Gasteiger partial charge in [0.25, 0.3) is 5.91 Å². The van der Waals surface area contributed by atoms with Crippen LogP contribution in [-0.4, -0.2) is 32.1 Å². The summed E-state index contributed by atoms with van der Waals surface area (Å²) in [5, 5.41) is 3.24. The molecule has 1 N–H and O–H groups in total.